The monoisotopic (exact) mass is 278 g/mol. The van der Waals surface area contributed by atoms with Crippen molar-refractivity contribution in [3.05, 3.63) is 29.3 Å². The molecule has 0 radical (unpaired) electrons. The molecule has 1 atom stereocenters. The number of anilines is 1. The molecule has 0 bridgehead atoms. The molecule has 0 aliphatic carbocycles. The Kier molecular flexibility index (Phi) is 4.73. The first-order chi connectivity index (χ1) is 9.22. The van der Waals surface area contributed by atoms with Gasteiger partial charge in [-0.15, -0.1) is 0 Å². The SMILES string of the molecule is Cc1cc(C(=O)NC(C)(C(N)=O)C(C)C)ccc1NN. The molecule has 0 aliphatic heterocycles. The smallest absolute Gasteiger partial charge is 0.252 e. The molecule has 0 saturated heterocycles. The molecule has 0 saturated carbocycles. The van der Waals surface area contributed by atoms with E-state index in [1.807, 2.05) is 20.8 Å². The van der Waals surface area contributed by atoms with E-state index in [2.05, 4.69) is 10.7 Å². The van der Waals surface area contributed by atoms with Crippen molar-refractivity contribution in [2.75, 3.05) is 5.43 Å². The Morgan fingerprint density at radius 1 is 1.30 bits per heavy atom. The lowest BCUT2D eigenvalue weighted by molar-refractivity contribution is -0.125. The van der Waals surface area contributed by atoms with E-state index in [0.717, 1.165) is 11.3 Å². The standard InChI is InChI=1S/C14H22N4O2/c1-8(2)14(4,13(15)20)17-12(19)10-5-6-11(18-16)9(3)7-10/h5-8,18H,16H2,1-4H3,(H2,15,20)(H,17,19). The zero-order valence-electron chi connectivity index (χ0n) is 12.3. The molecule has 1 unspecified atom stereocenters. The van der Waals surface area contributed by atoms with Crippen molar-refractivity contribution in [3.63, 3.8) is 0 Å². The number of amides is 2. The Morgan fingerprint density at radius 2 is 1.90 bits per heavy atom. The van der Waals surface area contributed by atoms with Gasteiger partial charge in [0.2, 0.25) is 5.91 Å². The highest BCUT2D eigenvalue weighted by Crippen LogP contribution is 2.19. The number of aryl methyl sites for hydroxylation is 1. The fourth-order valence-electron chi connectivity index (χ4n) is 1.77. The summed E-state index contributed by atoms with van der Waals surface area (Å²) in [6, 6.07) is 5.05. The molecule has 0 heterocycles. The zero-order valence-corrected chi connectivity index (χ0v) is 12.3. The molecule has 0 aromatic heterocycles. The van der Waals surface area contributed by atoms with Crippen LogP contribution in [-0.4, -0.2) is 17.4 Å². The van der Waals surface area contributed by atoms with E-state index in [1.54, 1.807) is 25.1 Å². The predicted octanol–water partition coefficient (Wildman–Crippen LogP) is 0.910. The number of rotatable bonds is 5. The van der Waals surface area contributed by atoms with Crippen LogP contribution in [0.3, 0.4) is 0 Å². The summed E-state index contributed by atoms with van der Waals surface area (Å²) < 4.78 is 0. The van der Waals surface area contributed by atoms with Crippen LogP contribution in [0.25, 0.3) is 0 Å². The highest BCUT2D eigenvalue weighted by Gasteiger charge is 2.36. The normalized spacial score (nSPS) is 13.7. The minimum absolute atomic E-state index is 0.116. The zero-order chi connectivity index (χ0) is 15.5. The third-order valence-corrected chi connectivity index (χ3v) is 3.68. The van der Waals surface area contributed by atoms with Crippen molar-refractivity contribution in [2.45, 2.75) is 33.2 Å². The maximum absolute atomic E-state index is 12.3. The lowest BCUT2D eigenvalue weighted by Gasteiger charge is -2.31. The van der Waals surface area contributed by atoms with Crippen molar-refractivity contribution in [1.29, 1.82) is 0 Å². The largest absolute Gasteiger partial charge is 0.368 e. The van der Waals surface area contributed by atoms with Gasteiger partial charge in [-0.05, 0) is 43.5 Å². The average Bonchev–Trinajstić information content (AvgIpc) is 2.37. The van der Waals surface area contributed by atoms with Crippen molar-refractivity contribution in [1.82, 2.24) is 5.32 Å². The maximum Gasteiger partial charge on any atom is 0.252 e. The van der Waals surface area contributed by atoms with Crippen LogP contribution in [0.2, 0.25) is 0 Å². The summed E-state index contributed by atoms with van der Waals surface area (Å²) in [6.07, 6.45) is 0. The molecule has 6 N–H and O–H groups in total. The fourth-order valence-corrected chi connectivity index (χ4v) is 1.77. The van der Waals surface area contributed by atoms with Gasteiger partial charge in [0.05, 0.1) is 5.69 Å². The highest BCUT2D eigenvalue weighted by molar-refractivity contribution is 5.99. The van der Waals surface area contributed by atoms with Gasteiger partial charge in [0.25, 0.3) is 5.91 Å². The number of hydrogen-bond acceptors (Lipinski definition) is 4. The summed E-state index contributed by atoms with van der Waals surface area (Å²) in [5.41, 5.74) is 8.88. The van der Waals surface area contributed by atoms with E-state index < -0.39 is 11.4 Å². The van der Waals surface area contributed by atoms with Crippen LogP contribution >= 0.6 is 0 Å². The second-order valence-corrected chi connectivity index (χ2v) is 5.35. The van der Waals surface area contributed by atoms with Gasteiger partial charge in [0, 0.05) is 5.56 Å². The molecule has 0 spiro atoms. The van der Waals surface area contributed by atoms with Crippen LogP contribution in [0.1, 0.15) is 36.7 Å². The summed E-state index contributed by atoms with van der Waals surface area (Å²) >= 11 is 0. The van der Waals surface area contributed by atoms with Crippen LogP contribution in [0, 0.1) is 12.8 Å². The number of hydrazine groups is 1. The van der Waals surface area contributed by atoms with Gasteiger partial charge in [-0.2, -0.15) is 0 Å². The first kappa shape index (κ1) is 16.0. The van der Waals surface area contributed by atoms with Crippen LogP contribution in [0.15, 0.2) is 18.2 Å². The van der Waals surface area contributed by atoms with Gasteiger partial charge in [-0.25, -0.2) is 0 Å². The van der Waals surface area contributed by atoms with Crippen LogP contribution in [-0.2, 0) is 4.79 Å². The molecular formula is C14H22N4O2. The van der Waals surface area contributed by atoms with Gasteiger partial charge in [-0.3, -0.25) is 15.4 Å². The fraction of sp³-hybridized carbons (Fsp3) is 0.429. The molecule has 1 rings (SSSR count). The second kappa shape index (κ2) is 5.92. The van der Waals surface area contributed by atoms with Gasteiger partial charge in [0.1, 0.15) is 5.54 Å². The van der Waals surface area contributed by atoms with Gasteiger partial charge in [0.15, 0.2) is 0 Å². The number of benzene rings is 1. The minimum atomic E-state index is -1.09. The van der Waals surface area contributed by atoms with E-state index in [-0.39, 0.29) is 11.8 Å². The number of carbonyl (C=O) groups is 2. The first-order valence-electron chi connectivity index (χ1n) is 6.42. The molecule has 20 heavy (non-hydrogen) atoms. The number of nitrogen functional groups attached to an aromatic ring is 1. The van der Waals surface area contributed by atoms with Gasteiger partial charge in [-0.1, -0.05) is 13.8 Å². The van der Waals surface area contributed by atoms with Crippen molar-refractivity contribution < 1.29 is 9.59 Å². The van der Waals surface area contributed by atoms with E-state index >= 15 is 0 Å². The third-order valence-electron chi connectivity index (χ3n) is 3.68. The van der Waals surface area contributed by atoms with E-state index in [1.165, 1.54) is 0 Å². The number of nitrogens with two attached hydrogens (primary N) is 2. The van der Waals surface area contributed by atoms with Crippen LogP contribution < -0.4 is 22.3 Å². The molecule has 1 aromatic carbocycles. The minimum Gasteiger partial charge on any atom is -0.368 e. The van der Waals surface area contributed by atoms with Gasteiger partial charge >= 0.3 is 0 Å². The predicted molar refractivity (Wildman–Crippen MR) is 78.9 cm³/mol. The van der Waals surface area contributed by atoms with Crippen LogP contribution in [0.4, 0.5) is 5.69 Å². The summed E-state index contributed by atoms with van der Waals surface area (Å²) in [7, 11) is 0. The molecule has 6 heteroatoms. The molecule has 6 nitrogen and oxygen atoms in total. The lowest BCUT2D eigenvalue weighted by atomic mass is 9.87. The number of carbonyl (C=O) groups excluding carboxylic acids is 2. The summed E-state index contributed by atoms with van der Waals surface area (Å²) in [5, 5.41) is 2.71. The average molecular weight is 278 g/mol. The van der Waals surface area contributed by atoms with E-state index in [9.17, 15) is 9.59 Å². The summed E-state index contributed by atoms with van der Waals surface area (Å²) in [6.45, 7) is 7.12. The lowest BCUT2D eigenvalue weighted by Crippen LogP contribution is -2.58. The summed E-state index contributed by atoms with van der Waals surface area (Å²) in [4.78, 5) is 23.8. The Hall–Kier alpha value is -2.08. The maximum atomic E-state index is 12.3. The Balaban J connectivity index is 3.01. The molecule has 2 amide bonds. The quantitative estimate of drug-likeness (QED) is 0.474. The number of hydrogen-bond donors (Lipinski definition) is 4. The van der Waals surface area contributed by atoms with Crippen molar-refractivity contribution >= 4 is 17.5 Å². The Labute approximate surface area is 118 Å². The molecule has 1 aromatic rings. The second-order valence-electron chi connectivity index (χ2n) is 5.35. The highest BCUT2D eigenvalue weighted by atomic mass is 16.2. The summed E-state index contributed by atoms with van der Waals surface area (Å²) in [5.74, 6) is 4.33. The van der Waals surface area contributed by atoms with Crippen molar-refractivity contribution in [3.8, 4) is 0 Å². The molecule has 110 valence electrons. The third kappa shape index (κ3) is 3.08. The Bertz CT molecular complexity index is 528. The van der Waals surface area contributed by atoms with E-state index in [0.29, 0.717) is 5.56 Å². The molecule has 0 fully saturated rings. The van der Waals surface area contributed by atoms with E-state index in [4.69, 9.17) is 11.6 Å². The Morgan fingerprint density at radius 3 is 2.30 bits per heavy atom. The topological polar surface area (TPSA) is 110 Å². The first-order valence-corrected chi connectivity index (χ1v) is 6.42. The molecular weight excluding hydrogens is 256 g/mol. The molecule has 0 aliphatic rings. The van der Waals surface area contributed by atoms with Crippen molar-refractivity contribution in [2.24, 2.45) is 17.5 Å². The van der Waals surface area contributed by atoms with Crippen LogP contribution in [0.5, 0.6) is 0 Å². The number of primary amides is 1. The number of nitrogens with one attached hydrogen (secondary N) is 2. The van der Waals surface area contributed by atoms with Gasteiger partial charge < -0.3 is 16.5 Å².